The maximum atomic E-state index is 6.43. The fraction of sp³-hybridized carbons (Fsp3) is 0. The first-order valence-corrected chi connectivity index (χ1v) is 24.0. The summed E-state index contributed by atoms with van der Waals surface area (Å²) in [4.78, 5) is 2.44. The van der Waals surface area contributed by atoms with Gasteiger partial charge in [0.25, 0.3) is 0 Å². The van der Waals surface area contributed by atoms with Crippen LogP contribution < -0.4 is 9.64 Å². The lowest BCUT2D eigenvalue weighted by atomic mass is 9.90. The second-order valence-electron chi connectivity index (χ2n) is 18.0. The Kier molecular flexibility index (Phi) is 10.2. The molecular formula is C68H45NO. The summed E-state index contributed by atoms with van der Waals surface area (Å²) in [5.74, 6) is 1.77. The fourth-order valence-electron chi connectivity index (χ4n) is 10.6. The molecule has 0 N–H and O–H groups in total. The van der Waals surface area contributed by atoms with Gasteiger partial charge < -0.3 is 9.64 Å². The first-order chi connectivity index (χ1) is 34.7. The molecule has 0 amide bonds. The molecule has 0 radical (unpaired) electrons. The topological polar surface area (TPSA) is 12.5 Å². The molecule has 0 saturated carbocycles. The summed E-state index contributed by atoms with van der Waals surface area (Å²) in [7, 11) is 0. The standard InChI is InChI=1S/C68H45NO/c1-4-18-47(19-5-1)57-41-38-52(44-62(57)49-22-8-3-9-23-49)46-36-39-55(40-37-46)69(64-33-12-10-29-59(64)61-32-16-25-50-24-15-31-58(67(50)61)48-20-6-2-7-21-48)56-28-14-26-51(43-56)54-42-53-27-17-35-66-68(53)63(45-54)60-30-11-13-34-65(60)70-66/h1-45H. The van der Waals surface area contributed by atoms with Gasteiger partial charge in [-0.15, -0.1) is 0 Å². The molecule has 12 aromatic rings. The first kappa shape index (κ1) is 41.0. The minimum absolute atomic E-state index is 0.881. The van der Waals surface area contributed by atoms with Crippen LogP contribution in [0.2, 0.25) is 0 Å². The molecule has 0 fully saturated rings. The van der Waals surface area contributed by atoms with Crippen LogP contribution in [0.5, 0.6) is 11.5 Å². The van der Waals surface area contributed by atoms with Crippen LogP contribution in [0.1, 0.15) is 0 Å². The smallest absolute Gasteiger partial charge is 0.135 e. The molecule has 12 aromatic carbocycles. The Bertz CT molecular complexity index is 3890. The van der Waals surface area contributed by atoms with E-state index in [0.29, 0.717) is 0 Å². The second-order valence-corrected chi connectivity index (χ2v) is 18.0. The van der Waals surface area contributed by atoms with E-state index in [2.05, 4.69) is 272 Å². The van der Waals surface area contributed by atoms with Crippen LogP contribution in [-0.4, -0.2) is 0 Å². The Balaban J connectivity index is 0.983. The zero-order chi connectivity index (χ0) is 46.4. The predicted octanol–water partition coefficient (Wildman–Crippen LogP) is 19.2. The summed E-state index contributed by atoms with van der Waals surface area (Å²) in [6.45, 7) is 0. The molecule has 1 heterocycles. The number of para-hydroxylation sites is 2. The van der Waals surface area contributed by atoms with Crippen LogP contribution in [0.25, 0.3) is 99.4 Å². The van der Waals surface area contributed by atoms with Crippen molar-refractivity contribution in [2.45, 2.75) is 0 Å². The van der Waals surface area contributed by atoms with Gasteiger partial charge in [-0.3, -0.25) is 0 Å². The number of anilines is 3. The third kappa shape index (κ3) is 7.31. The second kappa shape index (κ2) is 17.4. The highest BCUT2D eigenvalue weighted by Crippen LogP contribution is 2.50. The largest absolute Gasteiger partial charge is 0.456 e. The van der Waals surface area contributed by atoms with Crippen molar-refractivity contribution in [2.24, 2.45) is 0 Å². The summed E-state index contributed by atoms with van der Waals surface area (Å²) in [6, 6.07) is 98.8. The van der Waals surface area contributed by atoms with Crippen molar-refractivity contribution < 1.29 is 4.74 Å². The lowest BCUT2D eigenvalue weighted by Crippen LogP contribution is -2.11. The lowest BCUT2D eigenvalue weighted by Gasteiger charge is -2.29. The van der Waals surface area contributed by atoms with Gasteiger partial charge in [-0.05, 0) is 144 Å². The molecule has 0 aromatic heterocycles. The van der Waals surface area contributed by atoms with Crippen LogP contribution in [-0.2, 0) is 0 Å². The molecule has 0 atom stereocenters. The van der Waals surface area contributed by atoms with E-state index in [1.807, 2.05) is 6.07 Å². The van der Waals surface area contributed by atoms with Crippen LogP contribution in [0.4, 0.5) is 17.1 Å². The van der Waals surface area contributed by atoms with Gasteiger partial charge in [0.05, 0.1) is 5.69 Å². The van der Waals surface area contributed by atoms with E-state index < -0.39 is 0 Å². The number of nitrogens with zero attached hydrogens (tertiary/aromatic N) is 1. The van der Waals surface area contributed by atoms with Crippen molar-refractivity contribution in [1.82, 2.24) is 0 Å². The molecule has 0 aliphatic carbocycles. The molecule has 2 nitrogen and oxygen atoms in total. The highest BCUT2D eigenvalue weighted by Gasteiger charge is 2.23. The normalized spacial score (nSPS) is 11.5. The third-order valence-corrected chi connectivity index (χ3v) is 13.8. The molecule has 0 unspecified atom stereocenters. The van der Waals surface area contributed by atoms with Crippen molar-refractivity contribution in [3.05, 3.63) is 273 Å². The van der Waals surface area contributed by atoms with E-state index in [9.17, 15) is 0 Å². The zero-order valence-electron chi connectivity index (χ0n) is 38.3. The van der Waals surface area contributed by atoms with Crippen LogP contribution in [0, 0.1) is 0 Å². The Labute approximate surface area is 408 Å². The quantitative estimate of drug-likeness (QED) is 0.143. The highest BCUT2D eigenvalue weighted by molar-refractivity contribution is 6.09. The molecule has 1 aliphatic rings. The molecule has 1 aliphatic heterocycles. The van der Waals surface area contributed by atoms with Gasteiger partial charge in [-0.25, -0.2) is 0 Å². The van der Waals surface area contributed by atoms with E-state index in [1.54, 1.807) is 0 Å². The SMILES string of the molecule is c1ccc(-c2ccc(-c3ccc(N(c4cccc(-c5cc6c7c(cccc7c5)Oc5ccccc5-6)c4)c4ccccc4-c4cccc5cccc(-c6ccccc6)c45)cc3)cc2-c2ccccc2)cc1. The zero-order valence-corrected chi connectivity index (χ0v) is 38.3. The molecule has 0 spiro atoms. The first-order valence-electron chi connectivity index (χ1n) is 24.0. The molecule has 2 heteroatoms. The number of benzene rings is 12. The van der Waals surface area contributed by atoms with Crippen molar-refractivity contribution in [1.29, 1.82) is 0 Å². The summed E-state index contributed by atoms with van der Waals surface area (Å²) < 4.78 is 6.43. The molecule has 0 bridgehead atoms. The van der Waals surface area contributed by atoms with E-state index in [0.717, 1.165) is 67.2 Å². The van der Waals surface area contributed by atoms with E-state index in [1.165, 1.54) is 60.8 Å². The monoisotopic (exact) mass is 891 g/mol. The van der Waals surface area contributed by atoms with Gasteiger partial charge in [0, 0.05) is 27.9 Å². The Morgan fingerprint density at radius 3 is 1.51 bits per heavy atom. The minimum atomic E-state index is 0.881. The Hall–Kier alpha value is -9.24. The fourth-order valence-corrected chi connectivity index (χ4v) is 10.6. The van der Waals surface area contributed by atoms with Crippen LogP contribution >= 0.6 is 0 Å². The Morgan fingerprint density at radius 2 is 0.757 bits per heavy atom. The summed E-state index contributed by atoms with van der Waals surface area (Å²) in [6.07, 6.45) is 0. The number of hydrogen-bond donors (Lipinski definition) is 0. The number of rotatable bonds is 9. The molecule has 13 rings (SSSR count). The number of ether oxygens (including phenoxy) is 1. The minimum Gasteiger partial charge on any atom is -0.456 e. The molecule has 0 saturated heterocycles. The predicted molar refractivity (Wildman–Crippen MR) is 294 cm³/mol. The lowest BCUT2D eigenvalue weighted by molar-refractivity contribution is 0.487. The number of fused-ring (bicyclic) bond motifs is 3. The molecular weight excluding hydrogens is 847 g/mol. The van der Waals surface area contributed by atoms with Gasteiger partial charge in [0.15, 0.2) is 0 Å². The third-order valence-electron chi connectivity index (χ3n) is 13.8. The average Bonchev–Trinajstić information content (AvgIpc) is 3.44. The maximum absolute atomic E-state index is 6.43. The van der Waals surface area contributed by atoms with Crippen molar-refractivity contribution >= 4 is 38.6 Å². The van der Waals surface area contributed by atoms with E-state index in [4.69, 9.17) is 4.74 Å². The van der Waals surface area contributed by atoms with Crippen LogP contribution in [0.3, 0.4) is 0 Å². The van der Waals surface area contributed by atoms with Gasteiger partial charge in [-0.2, -0.15) is 0 Å². The Morgan fingerprint density at radius 1 is 0.229 bits per heavy atom. The van der Waals surface area contributed by atoms with Gasteiger partial charge >= 0.3 is 0 Å². The average molecular weight is 892 g/mol. The van der Waals surface area contributed by atoms with E-state index in [-0.39, 0.29) is 0 Å². The maximum Gasteiger partial charge on any atom is 0.135 e. The van der Waals surface area contributed by atoms with Crippen molar-refractivity contribution in [3.8, 4) is 89.4 Å². The van der Waals surface area contributed by atoms with Gasteiger partial charge in [0.1, 0.15) is 11.5 Å². The summed E-state index contributed by atoms with van der Waals surface area (Å²) in [5, 5.41) is 4.73. The highest BCUT2D eigenvalue weighted by atomic mass is 16.5. The summed E-state index contributed by atoms with van der Waals surface area (Å²) in [5.41, 5.74) is 19.7. The summed E-state index contributed by atoms with van der Waals surface area (Å²) >= 11 is 0. The van der Waals surface area contributed by atoms with Gasteiger partial charge in [-0.1, -0.05) is 212 Å². The molecule has 70 heavy (non-hydrogen) atoms. The van der Waals surface area contributed by atoms with E-state index >= 15 is 0 Å². The van der Waals surface area contributed by atoms with Crippen LogP contribution in [0.15, 0.2) is 273 Å². The number of hydrogen-bond acceptors (Lipinski definition) is 2. The molecule has 328 valence electrons. The van der Waals surface area contributed by atoms with Crippen molar-refractivity contribution in [3.63, 3.8) is 0 Å². The van der Waals surface area contributed by atoms with Gasteiger partial charge in [0.2, 0.25) is 0 Å². The van der Waals surface area contributed by atoms with Crippen molar-refractivity contribution in [2.75, 3.05) is 4.90 Å².